The summed E-state index contributed by atoms with van der Waals surface area (Å²) >= 11 is 6.39. The van der Waals surface area contributed by atoms with Crippen LogP contribution in [-0.2, 0) is 0 Å². The summed E-state index contributed by atoms with van der Waals surface area (Å²) in [5, 5.41) is 8.39. The number of anilines is 4. The van der Waals surface area contributed by atoms with Gasteiger partial charge >= 0.3 is 6.03 Å². The summed E-state index contributed by atoms with van der Waals surface area (Å²) in [7, 11) is 1.53. The molecule has 0 saturated heterocycles. The van der Waals surface area contributed by atoms with E-state index < -0.39 is 17.7 Å². The number of urea groups is 1. The summed E-state index contributed by atoms with van der Waals surface area (Å²) in [5.74, 6) is -1.20. The zero-order valence-electron chi connectivity index (χ0n) is 19.9. The number of benzene rings is 4. The van der Waals surface area contributed by atoms with E-state index in [1.165, 1.54) is 25.3 Å². The van der Waals surface area contributed by atoms with Gasteiger partial charge in [0.05, 0.1) is 17.8 Å². The highest BCUT2D eigenvalue weighted by Crippen LogP contribution is 2.28. The molecule has 0 saturated carbocycles. The van der Waals surface area contributed by atoms with Crippen LogP contribution in [-0.4, -0.2) is 18.9 Å². The standard InChI is InChI=1S/C28H22ClF2N3O3/c1-16-6-8-19(34-28(36)33-18-4-3-5-21(13-18)37-2)14-23(16)27(35)22-10-9-20(15-24(22)29)32-26-11-7-17(30)12-25(26)31/h3-15,32H,1-2H3,(H2,33,34,36). The average Bonchev–Trinajstić information content (AvgIpc) is 2.86. The van der Waals surface area contributed by atoms with Crippen molar-refractivity contribution in [2.24, 2.45) is 0 Å². The molecule has 0 bridgehead atoms. The summed E-state index contributed by atoms with van der Waals surface area (Å²) in [4.78, 5) is 25.8. The molecule has 0 aliphatic carbocycles. The molecule has 3 N–H and O–H groups in total. The average molecular weight is 522 g/mol. The lowest BCUT2D eigenvalue weighted by atomic mass is 9.98. The molecular weight excluding hydrogens is 500 g/mol. The highest BCUT2D eigenvalue weighted by atomic mass is 35.5. The Morgan fingerprint density at radius 2 is 1.54 bits per heavy atom. The van der Waals surface area contributed by atoms with Crippen LogP contribution < -0.4 is 20.7 Å². The van der Waals surface area contributed by atoms with Crippen LogP contribution in [0.4, 0.5) is 36.3 Å². The Morgan fingerprint density at radius 3 is 2.24 bits per heavy atom. The molecule has 0 aromatic heterocycles. The molecule has 2 amide bonds. The molecule has 6 nitrogen and oxygen atoms in total. The van der Waals surface area contributed by atoms with Crippen molar-refractivity contribution in [3.63, 3.8) is 0 Å². The van der Waals surface area contributed by atoms with E-state index in [1.807, 2.05) is 0 Å². The number of methoxy groups -OCH3 is 1. The van der Waals surface area contributed by atoms with E-state index in [-0.39, 0.29) is 22.1 Å². The van der Waals surface area contributed by atoms with Gasteiger partial charge in [-0.2, -0.15) is 0 Å². The first-order valence-electron chi connectivity index (χ1n) is 11.1. The van der Waals surface area contributed by atoms with E-state index in [1.54, 1.807) is 55.5 Å². The van der Waals surface area contributed by atoms with Crippen molar-refractivity contribution < 1.29 is 23.1 Å². The maximum absolute atomic E-state index is 14.0. The van der Waals surface area contributed by atoms with Gasteiger partial charge in [0.1, 0.15) is 17.4 Å². The first-order chi connectivity index (χ1) is 17.7. The number of amides is 2. The molecule has 0 fully saturated rings. The highest BCUT2D eigenvalue weighted by molar-refractivity contribution is 6.35. The Labute approximate surface area is 217 Å². The number of ether oxygens (including phenoxy) is 1. The van der Waals surface area contributed by atoms with Crippen molar-refractivity contribution in [1.29, 1.82) is 0 Å². The summed E-state index contributed by atoms with van der Waals surface area (Å²) in [6.45, 7) is 1.77. The van der Waals surface area contributed by atoms with Gasteiger partial charge in [-0.05, 0) is 67.1 Å². The normalized spacial score (nSPS) is 10.5. The molecule has 4 rings (SSSR count). The molecule has 0 aliphatic rings. The van der Waals surface area contributed by atoms with Gasteiger partial charge in [0.2, 0.25) is 0 Å². The molecule has 4 aromatic carbocycles. The van der Waals surface area contributed by atoms with Crippen molar-refractivity contribution in [2.45, 2.75) is 6.92 Å². The van der Waals surface area contributed by atoms with Crippen molar-refractivity contribution >= 4 is 46.2 Å². The third kappa shape index (κ3) is 6.23. The van der Waals surface area contributed by atoms with Gasteiger partial charge in [-0.15, -0.1) is 0 Å². The smallest absolute Gasteiger partial charge is 0.323 e. The molecule has 188 valence electrons. The molecular formula is C28H22ClF2N3O3. The third-order valence-corrected chi connectivity index (χ3v) is 5.80. The zero-order chi connectivity index (χ0) is 26.5. The van der Waals surface area contributed by atoms with Crippen LogP contribution in [0.5, 0.6) is 5.75 Å². The van der Waals surface area contributed by atoms with Crippen molar-refractivity contribution in [1.82, 2.24) is 0 Å². The van der Waals surface area contributed by atoms with Gasteiger partial charge in [-0.25, -0.2) is 13.6 Å². The minimum Gasteiger partial charge on any atom is -0.497 e. The molecule has 0 unspecified atom stereocenters. The second kappa shape index (κ2) is 11.1. The number of halogens is 3. The van der Waals surface area contributed by atoms with Crippen molar-refractivity contribution in [3.05, 3.63) is 112 Å². The molecule has 4 aromatic rings. The van der Waals surface area contributed by atoms with E-state index in [9.17, 15) is 18.4 Å². The Morgan fingerprint density at radius 1 is 0.811 bits per heavy atom. The van der Waals surface area contributed by atoms with Crippen LogP contribution in [0.2, 0.25) is 5.02 Å². The maximum atomic E-state index is 14.0. The van der Waals surface area contributed by atoms with E-state index in [0.29, 0.717) is 33.9 Å². The summed E-state index contributed by atoms with van der Waals surface area (Å²) in [6, 6.07) is 19.1. The van der Waals surface area contributed by atoms with E-state index in [0.717, 1.165) is 12.1 Å². The summed E-state index contributed by atoms with van der Waals surface area (Å²) in [6.07, 6.45) is 0. The van der Waals surface area contributed by atoms with Crippen LogP contribution in [0, 0.1) is 18.6 Å². The van der Waals surface area contributed by atoms with Gasteiger partial charge in [0, 0.05) is 40.3 Å². The summed E-state index contributed by atoms with van der Waals surface area (Å²) in [5.41, 5.74) is 2.72. The lowest BCUT2D eigenvalue weighted by Crippen LogP contribution is -2.19. The minimum atomic E-state index is -0.758. The first kappa shape index (κ1) is 25.7. The number of hydrogen-bond donors (Lipinski definition) is 3. The Kier molecular flexibility index (Phi) is 7.69. The van der Waals surface area contributed by atoms with Crippen molar-refractivity contribution in [3.8, 4) is 5.75 Å². The van der Waals surface area contributed by atoms with Crippen LogP contribution >= 0.6 is 11.6 Å². The third-order valence-electron chi connectivity index (χ3n) is 5.49. The number of carbonyl (C=O) groups excluding carboxylic acids is 2. The fourth-order valence-electron chi connectivity index (χ4n) is 3.61. The predicted octanol–water partition coefficient (Wildman–Crippen LogP) is 7.55. The largest absolute Gasteiger partial charge is 0.497 e. The number of aryl methyl sites for hydroxylation is 1. The fourth-order valence-corrected chi connectivity index (χ4v) is 3.87. The monoisotopic (exact) mass is 521 g/mol. The first-order valence-corrected chi connectivity index (χ1v) is 11.5. The topological polar surface area (TPSA) is 79.5 Å². The molecule has 0 heterocycles. The molecule has 37 heavy (non-hydrogen) atoms. The predicted molar refractivity (Wildman–Crippen MR) is 141 cm³/mol. The molecule has 9 heteroatoms. The van der Waals surface area contributed by atoms with Crippen LogP contribution in [0.3, 0.4) is 0 Å². The fraction of sp³-hybridized carbons (Fsp3) is 0.0714. The molecule has 0 radical (unpaired) electrons. The lowest BCUT2D eigenvalue weighted by Gasteiger charge is -2.13. The number of hydrogen-bond acceptors (Lipinski definition) is 4. The second-order valence-electron chi connectivity index (χ2n) is 8.11. The van der Waals surface area contributed by atoms with Crippen molar-refractivity contribution in [2.75, 3.05) is 23.1 Å². The highest BCUT2D eigenvalue weighted by Gasteiger charge is 2.17. The van der Waals surface area contributed by atoms with E-state index in [2.05, 4.69) is 16.0 Å². The number of carbonyl (C=O) groups is 2. The van der Waals surface area contributed by atoms with Crippen LogP contribution in [0.1, 0.15) is 21.5 Å². The van der Waals surface area contributed by atoms with Gasteiger partial charge < -0.3 is 20.7 Å². The number of ketones is 1. The van der Waals surface area contributed by atoms with Crippen LogP contribution in [0.25, 0.3) is 0 Å². The van der Waals surface area contributed by atoms with Gasteiger partial charge in [-0.1, -0.05) is 23.7 Å². The Hall–Kier alpha value is -4.43. The minimum absolute atomic E-state index is 0.0680. The number of rotatable bonds is 7. The van der Waals surface area contributed by atoms with E-state index >= 15 is 0 Å². The van der Waals surface area contributed by atoms with Gasteiger partial charge in [0.25, 0.3) is 0 Å². The molecule has 0 spiro atoms. The lowest BCUT2D eigenvalue weighted by molar-refractivity contribution is 0.103. The maximum Gasteiger partial charge on any atom is 0.323 e. The Balaban J connectivity index is 1.50. The van der Waals surface area contributed by atoms with Crippen LogP contribution in [0.15, 0.2) is 78.9 Å². The molecule has 0 atom stereocenters. The van der Waals surface area contributed by atoms with E-state index in [4.69, 9.17) is 16.3 Å². The Bertz CT molecular complexity index is 1490. The summed E-state index contributed by atoms with van der Waals surface area (Å²) < 4.78 is 32.3. The number of nitrogens with one attached hydrogen (secondary N) is 3. The quantitative estimate of drug-likeness (QED) is 0.219. The SMILES string of the molecule is COc1cccc(NC(=O)Nc2ccc(C)c(C(=O)c3ccc(Nc4ccc(F)cc4F)cc3Cl)c2)c1. The zero-order valence-corrected chi connectivity index (χ0v) is 20.6. The molecule has 0 aliphatic heterocycles. The van der Waals surface area contributed by atoms with Gasteiger partial charge in [-0.3, -0.25) is 4.79 Å². The van der Waals surface area contributed by atoms with Gasteiger partial charge in [0.15, 0.2) is 5.78 Å². The second-order valence-corrected chi connectivity index (χ2v) is 8.52.